The highest BCUT2D eigenvalue weighted by Crippen LogP contribution is 2.48. The van der Waals surface area contributed by atoms with Gasteiger partial charge in [-0.1, -0.05) is 31.0 Å². The van der Waals surface area contributed by atoms with Crippen LogP contribution in [0, 0.1) is 17.7 Å². The van der Waals surface area contributed by atoms with Gasteiger partial charge in [0.05, 0.1) is 23.8 Å². The Balaban J connectivity index is 1.85. The largest absolute Gasteiger partial charge is 0.384 e. The minimum Gasteiger partial charge on any atom is -0.384 e. The van der Waals surface area contributed by atoms with Crippen LogP contribution in [0.15, 0.2) is 18.2 Å². The van der Waals surface area contributed by atoms with Gasteiger partial charge in [0.1, 0.15) is 5.82 Å². The second-order valence-corrected chi connectivity index (χ2v) is 8.68. The molecule has 1 saturated heterocycles. The van der Waals surface area contributed by atoms with Gasteiger partial charge in [0, 0.05) is 31.4 Å². The third kappa shape index (κ3) is 4.64. The van der Waals surface area contributed by atoms with Crippen LogP contribution in [0.3, 0.4) is 0 Å². The number of amides is 1. The third-order valence-corrected chi connectivity index (χ3v) is 6.38. The van der Waals surface area contributed by atoms with Crippen molar-refractivity contribution in [1.82, 2.24) is 5.32 Å². The zero-order chi connectivity index (χ0) is 19.6. The van der Waals surface area contributed by atoms with Crippen LogP contribution in [0.4, 0.5) is 4.39 Å². The highest BCUT2D eigenvalue weighted by Gasteiger charge is 2.49. The second kappa shape index (κ2) is 8.46. The third-order valence-electron chi connectivity index (χ3n) is 6.09. The molecule has 1 saturated carbocycles. The summed E-state index contributed by atoms with van der Waals surface area (Å²) in [6.07, 6.45) is 3.98. The maximum Gasteiger partial charge on any atom is 0.222 e. The van der Waals surface area contributed by atoms with E-state index in [0.717, 1.165) is 24.8 Å². The van der Waals surface area contributed by atoms with Gasteiger partial charge in [0.2, 0.25) is 5.91 Å². The van der Waals surface area contributed by atoms with E-state index in [1.807, 2.05) is 0 Å². The predicted molar refractivity (Wildman–Crippen MR) is 103 cm³/mol. The highest BCUT2D eigenvalue weighted by atomic mass is 35.5. The lowest BCUT2D eigenvalue weighted by Gasteiger charge is -2.52. The molecule has 1 aromatic rings. The number of halogens is 2. The van der Waals surface area contributed by atoms with Crippen LogP contribution in [-0.2, 0) is 14.3 Å². The zero-order valence-corrected chi connectivity index (χ0v) is 17.0. The fourth-order valence-corrected chi connectivity index (χ4v) is 4.82. The van der Waals surface area contributed by atoms with E-state index in [-0.39, 0.29) is 34.6 Å². The molecule has 6 heteroatoms. The highest BCUT2D eigenvalue weighted by molar-refractivity contribution is 6.30. The topological polar surface area (TPSA) is 47.6 Å². The summed E-state index contributed by atoms with van der Waals surface area (Å²) in [5, 5.41) is 3.36. The Kier molecular flexibility index (Phi) is 6.44. The van der Waals surface area contributed by atoms with Crippen molar-refractivity contribution in [2.75, 3.05) is 13.7 Å². The van der Waals surface area contributed by atoms with Gasteiger partial charge in [-0.05, 0) is 43.4 Å². The maximum atomic E-state index is 13.6. The van der Waals surface area contributed by atoms with E-state index in [4.69, 9.17) is 21.1 Å². The van der Waals surface area contributed by atoms with E-state index >= 15 is 0 Å². The Morgan fingerprint density at radius 3 is 2.93 bits per heavy atom. The molecule has 4 nitrogen and oxygen atoms in total. The van der Waals surface area contributed by atoms with E-state index in [9.17, 15) is 9.18 Å². The molecule has 5 atom stereocenters. The van der Waals surface area contributed by atoms with Gasteiger partial charge >= 0.3 is 0 Å². The van der Waals surface area contributed by atoms with Gasteiger partial charge in [-0.3, -0.25) is 4.79 Å². The number of ether oxygens (including phenoxy) is 2. The summed E-state index contributed by atoms with van der Waals surface area (Å²) < 4.78 is 25.1. The molecule has 0 unspecified atom stereocenters. The number of benzene rings is 1. The normalized spacial score (nSPS) is 33.4. The zero-order valence-electron chi connectivity index (χ0n) is 16.3. The number of carbonyl (C=O) groups excluding carboxylic acids is 1. The molecule has 1 aromatic carbocycles. The lowest BCUT2D eigenvalue weighted by atomic mass is 9.66. The van der Waals surface area contributed by atoms with Crippen LogP contribution in [0.5, 0.6) is 0 Å². The first-order chi connectivity index (χ1) is 12.8. The number of hydrogen-bond acceptors (Lipinski definition) is 3. The first-order valence-corrected chi connectivity index (χ1v) is 10.1. The molecular formula is C21H29ClFNO3. The molecule has 1 heterocycles. The van der Waals surface area contributed by atoms with Gasteiger partial charge in [-0.2, -0.15) is 0 Å². The fraction of sp³-hybridized carbons (Fsp3) is 0.667. The second-order valence-electron chi connectivity index (χ2n) is 8.27. The molecule has 0 aromatic heterocycles. The molecule has 3 rings (SSSR count). The van der Waals surface area contributed by atoms with E-state index in [2.05, 4.69) is 19.2 Å². The summed E-state index contributed by atoms with van der Waals surface area (Å²) in [5.74, 6) is 0.424. The number of carbonyl (C=O) groups is 1. The van der Waals surface area contributed by atoms with E-state index in [1.54, 1.807) is 19.2 Å². The smallest absolute Gasteiger partial charge is 0.222 e. The number of methoxy groups -OCH3 is 1. The van der Waals surface area contributed by atoms with Crippen molar-refractivity contribution < 1.29 is 18.7 Å². The van der Waals surface area contributed by atoms with Crippen LogP contribution in [0.25, 0.3) is 0 Å². The van der Waals surface area contributed by atoms with Crippen LogP contribution < -0.4 is 5.32 Å². The summed E-state index contributed by atoms with van der Waals surface area (Å²) >= 11 is 5.99. The van der Waals surface area contributed by atoms with Crippen molar-refractivity contribution in [2.45, 2.75) is 63.7 Å². The van der Waals surface area contributed by atoms with Crippen molar-refractivity contribution in [3.05, 3.63) is 34.6 Å². The van der Waals surface area contributed by atoms with Crippen LogP contribution in [0.1, 0.15) is 57.6 Å². The molecule has 1 aliphatic heterocycles. The Labute approximate surface area is 165 Å². The quantitative estimate of drug-likeness (QED) is 0.786. The molecular weight excluding hydrogens is 369 g/mol. The number of hydrogen-bond donors (Lipinski definition) is 1. The Hall–Kier alpha value is -1.17. The molecule has 1 aliphatic carbocycles. The SMILES string of the molecule is COCCC(=O)N[C@]1(C)C[C@H](c2ccc(F)c(Cl)c2)O[C@@H]2C[C@H](C)CC[C@H]21. The van der Waals surface area contributed by atoms with Crippen molar-refractivity contribution in [3.8, 4) is 0 Å². The van der Waals surface area contributed by atoms with Gasteiger partial charge in [-0.15, -0.1) is 0 Å². The van der Waals surface area contributed by atoms with Gasteiger partial charge < -0.3 is 14.8 Å². The molecule has 27 heavy (non-hydrogen) atoms. The Bertz CT molecular complexity index is 685. The molecule has 1 N–H and O–H groups in total. The minimum atomic E-state index is -0.434. The van der Waals surface area contributed by atoms with Gasteiger partial charge in [0.15, 0.2) is 0 Å². The average molecular weight is 398 g/mol. The minimum absolute atomic E-state index is 0.00508. The lowest BCUT2D eigenvalue weighted by molar-refractivity contribution is -0.154. The van der Waals surface area contributed by atoms with Crippen LogP contribution >= 0.6 is 11.6 Å². The fourth-order valence-electron chi connectivity index (χ4n) is 4.63. The first-order valence-electron chi connectivity index (χ1n) is 9.72. The summed E-state index contributed by atoms with van der Waals surface area (Å²) in [6, 6.07) is 4.75. The number of rotatable bonds is 5. The number of fused-ring (bicyclic) bond motifs is 1. The van der Waals surface area contributed by atoms with Crippen molar-refractivity contribution in [3.63, 3.8) is 0 Å². The average Bonchev–Trinajstić information content (AvgIpc) is 2.61. The summed E-state index contributed by atoms with van der Waals surface area (Å²) in [7, 11) is 1.59. The standard InChI is InChI=1S/C21H29ClFNO3/c1-13-4-6-15-18(10-13)27-19(14-5-7-17(23)16(22)11-14)12-21(15,2)24-20(25)8-9-26-3/h5,7,11,13,15,18-19H,4,6,8-10,12H2,1-3H3,(H,24,25)/t13-,15-,18-,19-,21-/m1/s1. The Morgan fingerprint density at radius 1 is 1.44 bits per heavy atom. The predicted octanol–water partition coefficient (Wildman–Crippen LogP) is 4.66. The summed E-state index contributed by atoms with van der Waals surface area (Å²) in [5.41, 5.74) is 0.481. The van der Waals surface area contributed by atoms with E-state index < -0.39 is 5.82 Å². The molecule has 0 bridgehead atoms. The molecule has 1 amide bonds. The first kappa shape index (κ1) is 20.6. The molecule has 2 aliphatic rings. The summed E-state index contributed by atoms with van der Waals surface area (Å²) in [4.78, 5) is 12.5. The monoisotopic (exact) mass is 397 g/mol. The molecule has 0 spiro atoms. The summed E-state index contributed by atoms with van der Waals surface area (Å²) in [6.45, 7) is 4.76. The molecule has 2 fully saturated rings. The van der Waals surface area contributed by atoms with Gasteiger partial charge in [-0.25, -0.2) is 4.39 Å². The van der Waals surface area contributed by atoms with Crippen LogP contribution in [0.2, 0.25) is 5.02 Å². The van der Waals surface area contributed by atoms with E-state index in [1.165, 1.54) is 6.07 Å². The van der Waals surface area contributed by atoms with E-state index in [0.29, 0.717) is 25.4 Å². The lowest BCUT2D eigenvalue weighted by Crippen LogP contribution is -2.60. The Morgan fingerprint density at radius 2 is 2.22 bits per heavy atom. The molecule has 150 valence electrons. The van der Waals surface area contributed by atoms with Gasteiger partial charge in [0.25, 0.3) is 0 Å². The van der Waals surface area contributed by atoms with Crippen LogP contribution in [-0.4, -0.2) is 31.3 Å². The van der Waals surface area contributed by atoms with Crippen molar-refractivity contribution in [1.29, 1.82) is 0 Å². The van der Waals surface area contributed by atoms with Crippen molar-refractivity contribution >= 4 is 17.5 Å². The number of nitrogens with one attached hydrogen (secondary N) is 1. The van der Waals surface area contributed by atoms with Crippen molar-refractivity contribution in [2.24, 2.45) is 11.8 Å². The molecule has 0 radical (unpaired) electrons. The maximum absolute atomic E-state index is 13.6.